The van der Waals surface area contributed by atoms with Crippen LogP contribution in [0.4, 0.5) is 0 Å². The van der Waals surface area contributed by atoms with E-state index in [2.05, 4.69) is 11.4 Å². The van der Waals surface area contributed by atoms with E-state index >= 15 is 0 Å². The van der Waals surface area contributed by atoms with Gasteiger partial charge in [0.05, 0.1) is 12.0 Å². The number of fused-ring (bicyclic) bond motifs is 3. The Morgan fingerprint density at radius 1 is 1.30 bits per heavy atom. The summed E-state index contributed by atoms with van der Waals surface area (Å²) in [4.78, 5) is 12.7. The van der Waals surface area contributed by atoms with Crippen LogP contribution in [0.2, 0.25) is 0 Å². The summed E-state index contributed by atoms with van der Waals surface area (Å²) >= 11 is 0. The highest BCUT2D eigenvalue weighted by atomic mass is 16.3. The molecular formula is C19H24N2O2. The van der Waals surface area contributed by atoms with Crippen LogP contribution in [0.1, 0.15) is 43.6 Å². The van der Waals surface area contributed by atoms with Crippen LogP contribution in [-0.4, -0.2) is 11.9 Å². The van der Waals surface area contributed by atoms with Crippen LogP contribution in [0.3, 0.4) is 0 Å². The summed E-state index contributed by atoms with van der Waals surface area (Å²) in [6, 6.07) is 7.88. The molecule has 2 aliphatic carbocycles. The van der Waals surface area contributed by atoms with E-state index in [0.717, 1.165) is 35.1 Å². The van der Waals surface area contributed by atoms with E-state index in [1.165, 1.54) is 6.42 Å². The summed E-state index contributed by atoms with van der Waals surface area (Å²) in [5.74, 6) is 1.92. The van der Waals surface area contributed by atoms with Crippen LogP contribution in [0.15, 0.2) is 28.7 Å². The van der Waals surface area contributed by atoms with Gasteiger partial charge in [-0.1, -0.05) is 18.2 Å². The minimum atomic E-state index is -0.138. The number of nitrogens with one attached hydrogen (secondary N) is 1. The molecule has 0 aliphatic heterocycles. The van der Waals surface area contributed by atoms with Gasteiger partial charge in [-0.25, -0.2) is 0 Å². The van der Waals surface area contributed by atoms with Gasteiger partial charge in [0, 0.05) is 17.0 Å². The van der Waals surface area contributed by atoms with Crippen LogP contribution < -0.4 is 11.1 Å². The van der Waals surface area contributed by atoms with E-state index in [4.69, 9.17) is 10.2 Å². The third-order valence-corrected chi connectivity index (χ3v) is 5.92. The lowest BCUT2D eigenvalue weighted by molar-refractivity contribution is -0.127. The SMILES string of the molecule is Cc1c(C(C)NC(=O)C2C3CCC(C3)C2N)oc2ccccc12. The maximum Gasteiger partial charge on any atom is 0.225 e. The van der Waals surface area contributed by atoms with E-state index in [1.54, 1.807) is 0 Å². The average molecular weight is 312 g/mol. The minimum absolute atomic E-state index is 0.0257. The molecule has 2 aliphatic rings. The van der Waals surface area contributed by atoms with Crippen LogP contribution >= 0.6 is 0 Å². The van der Waals surface area contributed by atoms with Gasteiger partial charge in [-0.2, -0.15) is 0 Å². The van der Waals surface area contributed by atoms with Gasteiger partial charge in [-0.15, -0.1) is 0 Å². The summed E-state index contributed by atoms with van der Waals surface area (Å²) < 4.78 is 5.97. The number of para-hydroxylation sites is 1. The molecule has 5 unspecified atom stereocenters. The molecule has 0 saturated heterocycles. The van der Waals surface area contributed by atoms with E-state index in [0.29, 0.717) is 11.8 Å². The van der Waals surface area contributed by atoms with Crippen LogP contribution in [0, 0.1) is 24.7 Å². The Balaban J connectivity index is 1.54. The van der Waals surface area contributed by atoms with Crippen molar-refractivity contribution in [1.82, 2.24) is 5.32 Å². The molecule has 2 aromatic rings. The van der Waals surface area contributed by atoms with Crippen molar-refractivity contribution in [3.63, 3.8) is 0 Å². The monoisotopic (exact) mass is 312 g/mol. The van der Waals surface area contributed by atoms with Gasteiger partial charge in [-0.05, 0) is 51.0 Å². The molecule has 4 nitrogen and oxygen atoms in total. The number of nitrogens with two attached hydrogens (primary N) is 1. The number of aryl methyl sites for hydroxylation is 1. The van der Waals surface area contributed by atoms with E-state index in [9.17, 15) is 4.79 Å². The molecule has 3 N–H and O–H groups in total. The summed E-state index contributed by atoms with van der Waals surface area (Å²) in [6.45, 7) is 4.04. The van der Waals surface area contributed by atoms with Crippen molar-refractivity contribution in [2.45, 2.75) is 45.2 Å². The molecule has 122 valence electrons. The molecule has 4 rings (SSSR count). The third kappa shape index (κ3) is 2.27. The first-order valence-corrected chi connectivity index (χ1v) is 8.60. The number of hydrogen-bond donors (Lipinski definition) is 2. The predicted octanol–water partition coefficient (Wildman–Crippen LogP) is 3.29. The summed E-state index contributed by atoms with van der Waals surface area (Å²) in [6.07, 6.45) is 3.46. The Labute approximate surface area is 136 Å². The van der Waals surface area contributed by atoms with Crippen LogP contribution in [-0.2, 0) is 4.79 Å². The molecule has 5 atom stereocenters. The Bertz CT molecular complexity index is 749. The number of rotatable bonds is 3. The molecule has 1 amide bonds. The van der Waals surface area contributed by atoms with E-state index in [-0.39, 0.29) is 23.9 Å². The molecule has 0 radical (unpaired) electrons. The van der Waals surface area contributed by atoms with Crippen molar-refractivity contribution in [1.29, 1.82) is 0 Å². The first-order valence-electron chi connectivity index (χ1n) is 8.60. The van der Waals surface area contributed by atoms with E-state index in [1.807, 2.05) is 32.0 Å². The fourth-order valence-corrected chi connectivity index (χ4v) is 4.71. The van der Waals surface area contributed by atoms with Crippen LogP contribution in [0.25, 0.3) is 11.0 Å². The van der Waals surface area contributed by atoms with Crippen molar-refractivity contribution in [2.75, 3.05) is 0 Å². The number of amides is 1. The standard InChI is InChI=1S/C19H24N2O2/c1-10-14-5-3-4-6-15(14)23-18(10)11(2)21-19(22)16-12-7-8-13(9-12)17(16)20/h3-6,11-13,16-17H,7-9,20H2,1-2H3,(H,21,22). The highest BCUT2D eigenvalue weighted by molar-refractivity contribution is 5.83. The first-order chi connectivity index (χ1) is 11.1. The number of carbonyl (C=O) groups is 1. The lowest BCUT2D eigenvalue weighted by Crippen LogP contribution is -2.45. The molecule has 1 aromatic heterocycles. The second kappa shape index (κ2) is 5.38. The molecule has 4 heteroatoms. The highest BCUT2D eigenvalue weighted by Crippen LogP contribution is 2.47. The van der Waals surface area contributed by atoms with Crippen molar-refractivity contribution in [3.8, 4) is 0 Å². The maximum atomic E-state index is 12.7. The minimum Gasteiger partial charge on any atom is -0.459 e. The first kappa shape index (κ1) is 14.8. The number of carbonyl (C=O) groups excluding carboxylic acids is 1. The molecule has 1 aromatic carbocycles. The quantitative estimate of drug-likeness (QED) is 0.914. The molecule has 23 heavy (non-hydrogen) atoms. The Morgan fingerprint density at radius 2 is 2.04 bits per heavy atom. The van der Waals surface area contributed by atoms with Crippen molar-refractivity contribution in [3.05, 3.63) is 35.6 Å². The lowest BCUT2D eigenvalue weighted by atomic mass is 9.84. The Kier molecular flexibility index (Phi) is 3.45. The summed E-state index contributed by atoms with van der Waals surface area (Å²) in [5.41, 5.74) is 8.26. The number of benzene rings is 1. The molecule has 2 fully saturated rings. The van der Waals surface area contributed by atoms with Crippen molar-refractivity contribution < 1.29 is 9.21 Å². The molecule has 0 spiro atoms. The van der Waals surface area contributed by atoms with Crippen LogP contribution in [0.5, 0.6) is 0 Å². The fraction of sp³-hybridized carbons (Fsp3) is 0.526. The Morgan fingerprint density at radius 3 is 2.74 bits per heavy atom. The van der Waals surface area contributed by atoms with Crippen molar-refractivity contribution >= 4 is 16.9 Å². The predicted molar refractivity (Wildman–Crippen MR) is 89.8 cm³/mol. The Hall–Kier alpha value is -1.81. The summed E-state index contributed by atoms with van der Waals surface area (Å²) in [7, 11) is 0. The van der Waals surface area contributed by atoms with Gasteiger partial charge < -0.3 is 15.5 Å². The summed E-state index contributed by atoms with van der Waals surface area (Å²) in [5, 5.41) is 4.25. The van der Waals surface area contributed by atoms with Gasteiger partial charge in [0.1, 0.15) is 11.3 Å². The van der Waals surface area contributed by atoms with Gasteiger partial charge in [0.2, 0.25) is 5.91 Å². The molecule has 2 saturated carbocycles. The fourth-order valence-electron chi connectivity index (χ4n) is 4.71. The molecular weight excluding hydrogens is 288 g/mol. The third-order valence-electron chi connectivity index (χ3n) is 5.92. The number of furan rings is 1. The largest absolute Gasteiger partial charge is 0.459 e. The highest BCUT2D eigenvalue weighted by Gasteiger charge is 2.49. The van der Waals surface area contributed by atoms with Gasteiger partial charge in [0.15, 0.2) is 0 Å². The topological polar surface area (TPSA) is 68.3 Å². The van der Waals surface area contributed by atoms with Crippen molar-refractivity contribution in [2.24, 2.45) is 23.5 Å². The van der Waals surface area contributed by atoms with E-state index < -0.39 is 0 Å². The zero-order chi connectivity index (χ0) is 16.1. The smallest absolute Gasteiger partial charge is 0.225 e. The second-order valence-electron chi connectivity index (χ2n) is 7.25. The molecule has 1 heterocycles. The zero-order valence-corrected chi connectivity index (χ0v) is 13.7. The lowest BCUT2D eigenvalue weighted by Gasteiger charge is -2.28. The zero-order valence-electron chi connectivity index (χ0n) is 13.7. The maximum absolute atomic E-state index is 12.7. The van der Waals surface area contributed by atoms with Gasteiger partial charge >= 0.3 is 0 Å². The molecule has 2 bridgehead atoms. The number of hydrogen-bond acceptors (Lipinski definition) is 3. The van der Waals surface area contributed by atoms with Gasteiger partial charge in [-0.3, -0.25) is 4.79 Å². The second-order valence-corrected chi connectivity index (χ2v) is 7.25. The normalized spacial score (nSPS) is 30.7. The van der Waals surface area contributed by atoms with Gasteiger partial charge in [0.25, 0.3) is 0 Å². The average Bonchev–Trinajstić information content (AvgIpc) is 3.21.